The number of nitrogens with one attached hydrogen (secondary N) is 1. The highest BCUT2D eigenvalue weighted by Gasteiger charge is 2.42. The maximum atomic E-state index is 12.7. The van der Waals surface area contributed by atoms with Crippen molar-refractivity contribution in [2.24, 2.45) is 0 Å². The lowest BCUT2D eigenvalue weighted by Crippen LogP contribution is -2.49. The van der Waals surface area contributed by atoms with Crippen LogP contribution in [0.25, 0.3) is 0 Å². The van der Waals surface area contributed by atoms with Gasteiger partial charge in [-0.25, -0.2) is 0 Å². The van der Waals surface area contributed by atoms with Gasteiger partial charge in [-0.3, -0.25) is 4.79 Å². The molecule has 0 radical (unpaired) electrons. The van der Waals surface area contributed by atoms with Gasteiger partial charge in [0.05, 0.1) is 17.1 Å². The number of rotatable bonds is 3. The minimum Gasteiger partial charge on any atom is -0.332 e. The standard InChI is InChI=1S/C16H21F3N2O/c1-11(20-3)14(22)21-10-4-9-15(21,2)12-5-7-13(8-6-12)16(17,18)19/h5-8,11,20H,4,9-10H2,1-3H3/t11-,15?/m0/s1. The van der Waals surface area contributed by atoms with Crippen molar-refractivity contribution >= 4 is 5.91 Å². The van der Waals surface area contributed by atoms with E-state index in [-0.39, 0.29) is 11.9 Å². The average Bonchev–Trinajstić information content (AvgIpc) is 2.88. The first-order valence-corrected chi connectivity index (χ1v) is 7.36. The summed E-state index contributed by atoms with van der Waals surface area (Å²) in [6.07, 6.45) is -2.74. The summed E-state index contributed by atoms with van der Waals surface area (Å²) in [6.45, 7) is 4.33. The molecule has 1 saturated heterocycles. The zero-order chi connectivity index (χ0) is 16.5. The lowest BCUT2D eigenvalue weighted by Gasteiger charge is -2.37. The van der Waals surface area contributed by atoms with Gasteiger partial charge >= 0.3 is 6.18 Å². The Morgan fingerprint density at radius 1 is 1.32 bits per heavy atom. The SMILES string of the molecule is CN[C@@H](C)C(=O)N1CCCC1(C)c1ccc(C(F)(F)F)cc1. The van der Waals surface area contributed by atoms with Crippen LogP contribution in [0.4, 0.5) is 13.2 Å². The molecule has 122 valence electrons. The molecule has 1 unspecified atom stereocenters. The van der Waals surface area contributed by atoms with Crippen LogP contribution in [0.2, 0.25) is 0 Å². The quantitative estimate of drug-likeness (QED) is 0.929. The summed E-state index contributed by atoms with van der Waals surface area (Å²) in [4.78, 5) is 14.2. The molecule has 22 heavy (non-hydrogen) atoms. The molecule has 1 N–H and O–H groups in total. The van der Waals surface area contributed by atoms with E-state index in [4.69, 9.17) is 0 Å². The molecule has 1 aliphatic rings. The fourth-order valence-electron chi connectivity index (χ4n) is 2.99. The first-order valence-electron chi connectivity index (χ1n) is 7.36. The van der Waals surface area contributed by atoms with Crippen molar-refractivity contribution in [3.63, 3.8) is 0 Å². The average molecular weight is 314 g/mol. The van der Waals surface area contributed by atoms with Crippen LogP contribution < -0.4 is 5.32 Å². The van der Waals surface area contributed by atoms with Crippen LogP contribution in [0.15, 0.2) is 24.3 Å². The third-order valence-electron chi connectivity index (χ3n) is 4.54. The fraction of sp³-hybridized carbons (Fsp3) is 0.562. The third-order valence-corrected chi connectivity index (χ3v) is 4.54. The third kappa shape index (κ3) is 2.97. The molecule has 2 atom stereocenters. The van der Waals surface area contributed by atoms with Crippen molar-refractivity contribution in [3.8, 4) is 0 Å². The summed E-state index contributed by atoms with van der Waals surface area (Å²) in [7, 11) is 1.72. The van der Waals surface area contributed by atoms with Gasteiger partial charge < -0.3 is 10.2 Å². The molecule has 3 nitrogen and oxygen atoms in total. The maximum absolute atomic E-state index is 12.7. The Hall–Kier alpha value is -1.56. The van der Waals surface area contributed by atoms with E-state index in [2.05, 4.69) is 5.32 Å². The molecule has 1 aromatic rings. The first kappa shape index (κ1) is 16.8. The second-order valence-corrected chi connectivity index (χ2v) is 5.95. The topological polar surface area (TPSA) is 32.3 Å². The summed E-state index contributed by atoms with van der Waals surface area (Å²) in [5.41, 5.74) is -0.472. The highest BCUT2D eigenvalue weighted by atomic mass is 19.4. The Labute approximate surface area is 128 Å². The monoisotopic (exact) mass is 314 g/mol. The van der Waals surface area contributed by atoms with Crippen LogP contribution in [-0.2, 0) is 16.5 Å². The Bertz CT molecular complexity index is 541. The largest absolute Gasteiger partial charge is 0.416 e. The smallest absolute Gasteiger partial charge is 0.332 e. The Morgan fingerprint density at radius 2 is 1.91 bits per heavy atom. The second-order valence-electron chi connectivity index (χ2n) is 5.95. The van der Waals surface area contributed by atoms with Crippen LogP contribution in [0, 0.1) is 0 Å². The molecular weight excluding hydrogens is 293 g/mol. The number of benzene rings is 1. The number of likely N-dealkylation sites (N-methyl/N-ethyl adjacent to an activating group) is 1. The predicted octanol–water partition coefficient (Wildman–Crippen LogP) is 3.15. The van der Waals surface area contributed by atoms with Crippen molar-refractivity contribution in [1.82, 2.24) is 10.2 Å². The molecule has 0 spiro atoms. The van der Waals surface area contributed by atoms with Crippen molar-refractivity contribution < 1.29 is 18.0 Å². The first-order chi connectivity index (χ1) is 10.2. The molecule has 0 aliphatic carbocycles. The van der Waals surface area contributed by atoms with E-state index in [9.17, 15) is 18.0 Å². The molecular formula is C16H21F3N2O. The highest BCUT2D eigenvalue weighted by Crippen LogP contribution is 2.40. The van der Waals surface area contributed by atoms with Gasteiger partial charge in [-0.15, -0.1) is 0 Å². The number of amides is 1. The van der Waals surface area contributed by atoms with Crippen molar-refractivity contribution in [2.75, 3.05) is 13.6 Å². The summed E-state index contributed by atoms with van der Waals surface area (Å²) >= 11 is 0. The molecule has 1 fully saturated rings. The zero-order valence-electron chi connectivity index (χ0n) is 13.0. The Morgan fingerprint density at radius 3 is 2.41 bits per heavy atom. The van der Waals surface area contributed by atoms with Crippen LogP contribution in [0.3, 0.4) is 0 Å². The van der Waals surface area contributed by atoms with Gasteiger partial charge in [0, 0.05) is 6.54 Å². The normalized spacial score (nSPS) is 23.6. The number of likely N-dealkylation sites (tertiary alicyclic amines) is 1. The molecule has 1 heterocycles. The molecule has 0 aromatic heterocycles. The fourth-order valence-corrected chi connectivity index (χ4v) is 2.99. The number of alkyl halides is 3. The second kappa shape index (κ2) is 5.91. The van der Waals surface area contributed by atoms with E-state index in [1.54, 1.807) is 18.9 Å². The van der Waals surface area contributed by atoms with E-state index >= 15 is 0 Å². The van der Waals surface area contributed by atoms with Gasteiger partial charge in [0.2, 0.25) is 5.91 Å². The van der Waals surface area contributed by atoms with Gasteiger partial charge in [0.15, 0.2) is 0 Å². The summed E-state index contributed by atoms with van der Waals surface area (Å²) < 4.78 is 38.0. The lowest BCUT2D eigenvalue weighted by molar-refractivity contribution is -0.138. The minimum absolute atomic E-state index is 0.0256. The number of nitrogens with zero attached hydrogens (tertiary/aromatic N) is 1. The molecule has 2 rings (SSSR count). The van der Waals surface area contributed by atoms with Gasteiger partial charge in [0.25, 0.3) is 0 Å². The summed E-state index contributed by atoms with van der Waals surface area (Å²) in [5.74, 6) is -0.0256. The number of hydrogen-bond acceptors (Lipinski definition) is 2. The van der Waals surface area contributed by atoms with Crippen LogP contribution in [-0.4, -0.2) is 30.4 Å². The zero-order valence-corrected chi connectivity index (χ0v) is 13.0. The molecule has 6 heteroatoms. The van der Waals surface area contributed by atoms with E-state index in [0.717, 1.165) is 30.5 Å². The van der Waals surface area contributed by atoms with Crippen molar-refractivity contribution in [2.45, 2.75) is 44.4 Å². The predicted molar refractivity (Wildman–Crippen MR) is 78.3 cm³/mol. The molecule has 0 saturated carbocycles. The van der Waals surface area contributed by atoms with Gasteiger partial charge in [-0.05, 0) is 51.4 Å². The molecule has 1 amide bonds. The summed E-state index contributed by atoms with van der Waals surface area (Å²) in [6, 6.07) is 4.83. The van der Waals surface area contributed by atoms with Gasteiger partial charge in [-0.2, -0.15) is 13.2 Å². The lowest BCUT2D eigenvalue weighted by atomic mass is 9.88. The molecule has 0 bridgehead atoms. The number of carbonyl (C=O) groups is 1. The molecule has 1 aromatic carbocycles. The van der Waals surface area contributed by atoms with Crippen LogP contribution in [0.1, 0.15) is 37.8 Å². The minimum atomic E-state index is -4.34. The Balaban J connectivity index is 2.31. The Kier molecular flexibility index (Phi) is 4.52. The van der Waals surface area contributed by atoms with E-state index in [1.807, 2.05) is 6.92 Å². The van der Waals surface area contributed by atoms with E-state index in [0.29, 0.717) is 6.54 Å². The summed E-state index contributed by atoms with van der Waals surface area (Å²) in [5, 5.41) is 2.92. The van der Waals surface area contributed by atoms with Crippen LogP contribution in [0.5, 0.6) is 0 Å². The van der Waals surface area contributed by atoms with E-state index < -0.39 is 17.3 Å². The van der Waals surface area contributed by atoms with Gasteiger partial charge in [0.1, 0.15) is 0 Å². The van der Waals surface area contributed by atoms with Gasteiger partial charge in [-0.1, -0.05) is 12.1 Å². The van der Waals surface area contributed by atoms with Crippen molar-refractivity contribution in [1.29, 1.82) is 0 Å². The number of carbonyl (C=O) groups excluding carboxylic acids is 1. The van der Waals surface area contributed by atoms with Crippen molar-refractivity contribution in [3.05, 3.63) is 35.4 Å². The maximum Gasteiger partial charge on any atom is 0.416 e. The highest BCUT2D eigenvalue weighted by molar-refractivity contribution is 5.82. The van der Waals surface area contributed by atoms with Crippen LogP contribution >= 0.6 is 0 Å². The number of hydrogen-bond donors (Lipinski definition) is 1. The van der Waals surface area contributed by atoms with E-state index in [1.165, 1.54) is 12.1 Å². The molecule has 1 aliphatic heterocycles. The number of halogens is 3.